The lowest BCUT2D eigenvalue weighted by Crippen LogP contribution is -2.18. The predicted molar refractivity (Wildman–Crippen MR) is 118 cm³/mol. The molecule has 0 bridgehead atoms. The van der Waals surface area contributed by atoms with E-state index in [0.717, 1.165) is 26.6 Å². The van der Waals surface area contributed by atoms with Gasteiger partial charge in [-0.15, -0.1) is 11.8 Å². The number of carbonyl (C=O) groups excluding carboxylic acids is 1. The maximum absolute atomic E-state index is 12.7. The summed E-state index contributed by atoms with van der Waals surface area (Å²) in [6.45, 7) is 2.76. The van der Waals surface area contributed by atoms with Crippen molar-refractivity contribution < 1.29 is 9.72 Å². The zero-order valence-electron chi connectivity index (χ0n) is 15.5. The topological polar surface area (TPSA) is 77.5 Å². The molecule has 0 aliphatic carbocycles. The molecule has 0 atom stereocenters. The average molecular weight is 434 g/mol. The Balaban J connectivity index is 2.03. The molecule has 0 spiro atoms. The first-order chi connectivity index (χ1) is 13.5. The van der Waals surface area contributed by atoms with E-state index in [4.69, 9.17) is 0 Å². The summed E-state index contributed by atoms with van der Waals surface area (Å²) in [5, 5.41) is 11.1. The Morgan fingerprint density at radius 3 is 2.64 bits per heavy atom. The van der Waals surface area contributed by atoms with E-state index in [1.54, 1.807) is 41.7 Å². The molecule has 0 N–H and O–H groups in total. The van der Waals surface area contributed by atoms with Crippen LogP contribution in [0, 0.1) is 10.1 Å². The molecule has 0 radical (unpaired) electrons. The molecule has 2 aromatic carbocycles. The van der Waals surface area contributed by atoms with Crippen LogP contribution in [0.4, 0.5) is 5.69 Å². The van der Waals surface area contributed by atoms with Gasteiger partial charge >= 0.3 is 0 Å². The Bertz CT molecular complexity index is 1070. The van der Waals surface area contributed by atoms with Crippen LogP contribution in [-0.4, -0.2) is 33.2 Å². The van der Waals surface area contributed by atoms with E-state index < -0.39 is 4.92 Å². The Kier molecular flexibility index (Phi) is 6.93. The number of thiazole rings is 1. The third-order valence-corrected chi connectivity index (χ3v) is 6.53. The third kappa shape index (κ3) is 4.65. The number of thioether (sulfide) groups is 2. The summed E-state index contributed by atoms with van der Waals surface area (Å²) in [6.07, 6.45) is 2.01. The first-order valence-corrected chi connectivity index (χ1v) is 11.8. The molecular weight excluding hydrogens is 414 g/mol. The van der Waals surface area contributed by atoms with Crippen molar-refractivity contribution in [3.05, 3.63) is 62.9 Å². The molecule has 0 saturated carbocycles. The van der Waals surface area contributed by atoms with Crippen LogP contribution in [0.1, 0.15) is 17.3 Å². The van der Waals surface area contributed by atoms with Gasteiger partial charge in [0.2, 0.25) is 0 Å². The fraction of sp³-hybridized carbons (Fsp3) is 0.263. The summed E-state index contributed by atoms with van der Waals surface area (Å²) < 4.78 is 2.70. The molecule has 1 amide bonds. The van der Waals surface area contributed by atoms with Crippen molar-refractivity contribution in [2.75, 3.05) is 17.8 Å². The molecule has 3 aromatic rings. The molecule has 146 valence electrons. The Hall–Kier alpha value is -2.10. The number of nitrogens with zero attached hydrogens (tertiary/aromatic N) is 3. The van der Waals surface area contributed by atoms with Crippen molar-refractivity contribution in [1.29, 1.82) is 0 Å². The maximum Gasteiger partial charge on any atom is 0.279 e. The zero-order chi connectivity index (χ0) is 20.1. The minimum absolute atomic E-state index is 0.0349. The fourth-order valence-electron chi connectivity index (χ4n) is 2.67. The van der Waals surface area contributed by atoms with Crippen molar-refractivity contribution in [1.82, 2.24) is 4.57 Å². The third-order valence-electron chi connectivity index (χ3n) is 4.01. The van der Waals surface area contributed by atoms with Crippen LogP contribution in [0.5, 0.6) is 0 Å². The molecule has 1 aromatic heterocycles. The number of nitro groups is 1. The summed E-state index contributed by atoms with van der Waals surface area (Å²) in [4.78, 5) is 29.3. The number of hydrogen-bond acceptors (Lipinski definition) is 6. The largest absolute Gasteiger partial charge is 0.315 e. The van der Waals surface area contributed by atoms with Crippen LogP contribution in [0.3, 0.4) is 0 Å². The minimum atomic E-state index is -0.413. The molecule has 6 nitrogen and oxygen atoms in total. The van der Waals surface area contributed by atoms with E-state index in [2.05, 4.69) is 11.9 Å². The van der Waals surface area contributed by atoms with E-state index in [1.165, 1.54) is 23.5 Å². The average Bonchev–Trinajstić information content (AvgIpc) is 3.03. The van der Waals surface area contributed by atoms with Gasteiger partial charge in [-0.3, -0.25) is 14.9 Å². The number of carbonyl (C=O) groups is 1. The maximum atomic E-state index is 12.7. The number of fused-ring (bicyclic) bond motifs is 1. The summed E-state index contributed by atoms with van der Waals surface area (Å²) >= 11 is 4.71. The molecule has 1 heterocycles. The Labute approximate surface area is 174 Å². The van der Waals surface area contributed by atoms with Crippen LogP contribution in [-0.2, 0) is 6.54 Å². The van der Waals surface area contributed by atoms with Gasteiger partial charge in [0.15, 0.2) is 4.80 Å². The SMILES string of the molecule is CCSc1ccc(C(=O)N=c2sc3cc([N+](=O)[O-])ccc3n2CCSC)cc1. The van der Waals surface area contributed by atoms with Gasteiger partial charge < -0.3 is 4.57 Å². The summed E-state index contributed by atoms with van der Waals surface area (Å²) in [6, 6.07) is 12.2. The highest BCUT2D eigenvalue weighted by atomic mass is 32.2. The first kappa shape index (κ1) is 20.6. The predicted octanol–water partition coefficient (Wildman–Crippen LogP) is 4.83. The Morgan fingerprint density at radius 1 is 1.25 bits per heavy atom. The molecule has 0 aliphatic heterocycles. The summed E-state index contributed by atoms with van der Waals surface area (Å²) in [7, 11) is 0. The molecule has 3 rings (SSSR count). The highest BCUT2D eigenvalue weighted by Crippen LogP contribution is 2.24. The van der Waals surface area contributed by atoms with Gasteiger partial charge in [-0.1, -0.05) is 18.3 Å². The number of benzene rings is 2. The van der Waals surface area contributed by atoms with E-state index in [9.17, 15) is 14.9 Å². The Morgan fingerprint density at radius 2 is 2.00 bits per heavy atom. The van der Waals surface area contributed by atoms with Crippen LogP contribution in [0.15, 0.2) is 52.4 Å². The number of aromatic nitrogens is 1. The molecule has 0 aliphatic rings. The van der Waals surface area contributed by atoms with E-state index >= 15 is 0 Å². The van der Waals surface area contributed by atoms with Gasteiger partial charge in [-0.05, 0) is 42.3 Å². The van der Waals surface area contributed by atoms with E-state index in [1.807, 2.05) is 23.0 Å². The standard InChI is InChI=1S/C19H19N3O3S3/c1-3-27-15-7-4-13(5-8-15)18(23)20-19-21(10-11-26-2)16-9-6-14(22(24)25)12-17(16)28-19/h4-9,12H,3,10-11H2,1-2H3. The molecule has 0 saturated heterocycles. The first-order valence-electron chi connectivity index (χ1n) is 8.62. The van der Waals surface area contributed by atoms with Crippen molar-refractivity contribution in [2.24, 2.45) is 4.99 Å². The number of nitro benzene ring substituents is 1. The van der Waals surface area contributed by atoms with Gasteiger partial charge in [-0.2, -0.15) is 16.8 Å². The van der Waals surface area contributed by atoms with Gasteiger partial charge in [0.25, 0.3) is 11.6 Å². The highest BCUT2D eigenvalue weighted by molar-refractivity contribution is 7.99. The molecule has 9 heteroatoms. The lowest BCUT2D eigenvalue weighted by atomic mass is 10.2. The van der Waals surface area contributed by atoms with Gasteiger partial charge in [0, 0.05) is 34.9 Å². The number of amides is 1. The summed E-state index contributed by atoms with van der Waals surface area (Å²) in [5.74, 6) is 1.51. The van der Waals surface area contributed by atoms with Crippen molar-refractivity contribution in [3.63, 3.8) is 0 Å². The highest BCUT2D eigenvalue weighted by Gasteiger charge is 2.13. The van der Waals surface area contributed by atoms with Crippen LogP contribution < -0.4 is 4.80 Å². The lowest BCUT2D eigenvalue weighted by molar-refractivity contribution is -0.384. The van der Waals surface area contributed by atoms with Crippen molar-refractivity contribution >= 4 is 56.7 Å². The van der Waals surface area contributed by atoms with Crippen LogP contribution in [0.2, 0.25) is 0 Å². The molecule has 28 heavy (non-hydrogen) atoms. The normalized spacial score (nSPS) is 11.9. The fourth-order valence-corrected chi connectivity index (χ4v) is 4.79. The van der Waals surface area contributed by atoms with Crippen LogP contribution >= 0.6 is 34.9 Å². The second kappa shape index (κ2) is 9.40. The zero-order valence-corrected chi connectivity index (χ0v) is 17.9. The minimum Gasteiger partial charge on any atom is -0.315 e. The number of aryl methyl sites for hydroxylation is 1. The van der Waals surface area contributed by atoms with E-state index in [-0.39, 0.29) is 11.6 Å². The van der Waals surface area contributed by atoms with Gasteiger partial charge in [0.05, 0.1) is 15.1 Å². The quantitative estimate of drug-likeness (QED) is 0.303. The lowest BCUT2D eigenvalue weighted by Gasteiger charge is -2.04. The number of hydrogen-bond donors (Lipinski definition) is 0. The number of non-ortho nitro benzene ring substituents is 1. The molecule has 0 unspecified atom stereocenters. The van der Waals surface area contributed by atoms with Crippen LogP contribution in [0.25, 0.3) is 10.2 Å². The van der Waals surface area contributed by atoms with Gasteiger partial charge in [-0.25, -0.2) is 0 Å². The van der Waals surface area contributed by atoms with E-state index in [0.29, 0.717) is 16.9 Å². The smallest absolute Gasteiger partial charge is 0.279 e. The number of rotatable bonds is 7. The summed E-state index contributed by atoms with van der Waals surface area (Å²) in [5.41, 5.74) is 1.42. The van der Waals surface area contributed by atoms with Gasteiger partial charge in [0.1, 0.15) is 0 Å². The monoisotopic (exact) mass is 433 g/mol. The molecule has 0 fully saturated rings. The van der Waals surface area contributed by atoms with Crippen molar-refractivity contribution in [3.8, 4) is 0 Å². The molecular formula is C19H19N3O3S3. The van der Waals surface area contributed by atoms with Crippen molar-refractivity contribution in [2.45, 2.75) is 18.4 Å². The second-order valence-corrected chi connectivity index (χ2v) is 9.14. The second-order valence-electron chi connectivity index (χ2n) is 5.81.